The molecule has 6 atom stereocenters. The van der Waals surface area contributed by atoms with Crippen molar-refractivity contribution in [2.24, 2.45) is 0 Å². The SMILES string of the molecule is OC[C@H]1O[C@H](O[C@@H]2CCCCc3ccc(O)c(c3)Oc3ccc(cc3)CC2)[C@H](O)[C@@H](O)[C@@H]1O. The van der Waals surface area contributed by atoms with E-state index in [2.05, 4.69) is 0 Å². The van der Waals surface area contributed by atoms with Crippen LogP contribution in [0, 0.1) is 0 Å². The monoisotopic (exact) mass is 460 g/mol. The molecule has 1 saturated heterocycles. The molecule has 3 aliphatic heterocycles. The summed E-state index contributed by atoms with van der Waals surface area (Å²) < 4.78 is 17.5. The van der Waals surface area contributed by atoms with Gasteiger partial charge in [0.25, 0.3) is 0 Å². The van der Waals surface area contributed by atoms with Crippen LogP contribution < -0.4 is 4.74 Å². The molecule has 0 radical (unpaired) electrons. The highest BCUT2D eigenvalue weighted by Gasteiger charge is 2.44. The fourth-order valence-corrected chi connectivity index (χ4v) is 4.33. The fourth-order valence-electron chi connectivity index (χ4n) is 4.33. The van der Waals surface area contributed by atoms with Gasteiger partial charge < -0.3 is 39.7 Å². The lowest BCUT2D eigenvalue weighted by atomic mass is 9.98. The van der Waals surface area contributed by atoms with Gasteiger partial charge in [0.05, 0.1) is 12.7 Å². The van der Waals surface area contributed by atoms with Gasteiger partial charge in [0, 0.05) is 0 Å². The Bertz CT molecular complexity index is 900. The highest BCUT2D eigenvalue weighted by atomic mass is 16.7. The van der Waals surface area contributed by atoms with Gasteiger partial charge in [0.15, 0.2) is 17.8 Å². The Morgan fingerprint density at radius 2 is 1.61 bits per heavy atom. The van der Waals surface area contributed by atoms with Crippen LogP contribution in [0.15, 0.2) is 42.5 Å². The summed E-state index contributed by atoms with van der Waals surface area (Å²) >= 11 is 0. The van der Waals surface area contributed by atoms with E-state index in [0.29, 0.717) is 24.3 Å². The van der Waals surface area contributed by atoms with E-state index in [1.807, 2.05) is 36.4 Å². The zero-order valence-corrected chi connectivity index (χ0v) is 18.4. The van der Waals surface area contributed by atoms with Crippen LogP contribution in [-0.2, 0) is 22.3 Å². The highest BCUT2D eigenvalue weighted by molar-refractivity contribution is 5.45. The first-order valence-electron chi connectivity index (χ1n) is 11.5. The number of phenolic OH excluding ortho intramolecular Hbond substituents is 1. The van der Waals surface area contributed by atoms with Gasteiger partial charge in [0.1, 0.15) is 30.2 Å². The van der Waals surface area contributed by atoms with E-state index >= 15 is 0 Å². The van der Waals surface area contributed by atoms with E-state index in [0.717, 1.165) is 36.8 Å². The first-order valence-corrected chi connectivity index (χ1v) is 11.5. The summed E-state index contributed by atoms with van der Waals surface area (Å²) in [5, 5.41) is 50.0. The van der Waals surface area contributed by atoms with E-state index in [1.54, 1.807) is 6.07 Å². The molecule has 0 unspecified atom stereocenters. The van der Waals surface area contributed by atoms with Crippen LogP contribution in [-0.4, -0.2) is 68.9 Å². The molecule has 3 heterocycles. The Morgan fingerprint density at radius 3 is 2.36 bits per heavy atom. The molecule has 4 bridgehead atoms. The standard InChI is InChI=1S/C25H32O8/c26-14-21-22(28)23(29)24(30)25(33-21)32-17-4-2-1-3-16-8-12-19(27)20(13-16)31-18-10-6-15(5-9-17)7-11-18/h6-8,10-13,17,21-30H,1-5,9,14H2/t17-,21-,22-,23+,24-,25+/m1/s1. The lowest BCUT2D eigenvalue weighted by Crippen LogP contribution is -2.59. The summed E-state index contributed by atoms with van der Waals surface area (Å²) in [6.07, 6.45) is -1.99. The third kappa shape index (κ3) is 5.84. The van der Waals surface area contributed by atoms with Crippen LogP contribution >= 0.6 is 0 Å². The molecular formula is C25H32O8. The molecule has 8 nitrogen and oxygen atoms in total. The van der Waals surface area contributed by atoms with Crippen molar-refractivity contribution in [2.45, 2.75) is 75.3 Å². The van der Waals surface area contributed by atoms with E-state index in [-0.39, 0.29) is 11.9 Å². The van der Waals surface area contributed by atoms with Crippen LogP contribution in [0.3, 0.4) is 0 Å². The smallest absolute Gasteiger partial charge is 0.186 e. The van der Waals surface area contributed by atoms with E-state index in [1.165, 1.54) is 0 Å². The number of ether oxygens (including phenoxy) is 3. The molecule has 3 aliphatic rings. The van der Waals surface area contributed by atoms with Crippen LogP contribution in [0.5, 0.6) is 17.2 Å². The Labute approximate surface area is 193 Å². The Morgan fingerprint density at radius 1 is 0.848 bits per heavy atom. The molecule has 8 heteroatoms. The minimum atomic E-state index is -1.46. The number of hydrogen-bond donors (Lipinski definition) is 5. The molecule has 5 rings (SSSR count). The predicted octanol–water partition coefficient (Wildman–Crippen LogP) is 2.03. The average Bonchev–Trinajstić information content (AvgIpc) is 2.83. The van der Waals surface area contributed by atoms with Gasteiger partial charge in [-0.1, -0.05) is 24.6 Å². The van der Waals surface area contributed by atoms with Crippen LogP contribution in [0.25, 0.3) is 0 Å². The zero-order valence-electron chi connectivity index (χ0n) is 18.4. The van der Waals surface area contributed by atoms with E-state index < -0.39 is 37.3 Å². The van der Waals surface area contributed by atoms with Crippen molar-refractivity contribution in [3.63, 3.8) is 0 Å². The topological polar surface area (TPSA) is 129 Å². The molecule has 0 aliphatic carbocycles. The molecule has 180 valence electrons. The number of aliphatic hydroxyl groups excluding tert-OH is 4. The number of aromatic hydroxyl groups is 1. The van der Waals surface area contributed by atoms with Crippen molar-refractivity contribution < 1.29 is 39.7 Å². The number of aryl methyl sites for hydroxylation is 2. The van der Waals surface area contributed by atoms with Gasteiger partial charge in [-0.2, -0.15) is 0 Å². The predicted molar refractivity (Wildman–Crippen MR) is 119 cm³/mol. The number of rotatable bonds is 3. The third-order valence-corrected chi connectivity index (χ3v) is 6.35. The first-order chi connectivity index (χ1) is 15.9. The molecular weight excluding hydrogens is 428 g/mol. The summed E-state index contributed by atoms with van der Waals surface area (Å²) in [6.45, 7) is -0.488. The van der Waals surface area contributed by atoms with Crippen molar-refractivity contribution in [1.82, 2.24) is 0 Å². The highest BCUT2D eigenvalue weighted by Crippen LogP contribution is 2.33. The quantitative estimate of drug-likeness (QED) is 0.471. The molecule has 0 saturated carbocycles. The second kappa shape index (κ2) is 10.8. The summed E-state index contributed by atoms with van der Waals surface area (Å²) in [5.74, 6) is 1.16. The van der Waals surface area contributed by atoms with Crippen molar-refractivity contribution in [2.75, 3.05) is 6.61 Å². The Hall–Kier alpha value is -2.20. The Kier molecular flexibility index (Phi) is 7.85. The normalized spacial score (nSPS) is 30.8. The molecule has 0 spiro atoms. The lowest BCUT2D eigenvalue weighted by Gasteiger charge is -2.41. The zero-order chi connectivity index (χ0) is 23.4. The van der Waals surface area contributed by atoms with E-state index in [4.69, 9.17) is 14.2 Å². The summed E-state index contributed by atoms with van der Waals surface area (Å²) in [4.78, 5) is 0. The molecule has 0 amide bonds. The van der Waals surface area contributed by atoms with Crippen molar-refractivity contribution >= 4 is 0 Å². The van der Waals surface area contributed by atoms with Gasteiger partial charge in [-0.15, -0.1) is 0 Å². The summed E-state index contributed by atoms with van der Waals surface area (Å²) in [7, 11) is 0. The minimum absolute atomic E-state index is 0.0973. The summed E-state index contributed by atoms with van der Waals surface area (Å²) in [5.41, 5.74) is 2.14. The fraction of sp³-hybridized carbons (Fsp3) is 0.520. The van der Waals surface area contributed by atoms with Gasteiger partial charge in [-0.25, -0.2) is 0 Å². The number of hydrogen-bond acceptors (Lipinski definition) is 8. The third-order valence-electron chi connectivity index (χ3n) is 6.35. The van der Waals surface area contributed by atoms with Crippen molar-refractivity contribution in [3.05, 3.63) is 53.6 Å². The second-order valence-electron chi connectivity index (χ2n) is 8.79. The van der Waals surface area contributed by atoms with Crippen LogP contribution in [0.4, 0.5) is 0 Å². The number of benzene rings is 2. The number of aliphatic hydroxyl groups is 4. The van der Waals surface area contributed by atoms with Crippen LogP contribution in [0.2, 0.25) is 0 Å². The van der Waals surface area contributed by atoms with Crippen molar-refractivity contribution in [1.29, 1.82) is 0 Å². The molecule has 33 heavy (non-hydrogen) atoms. The number of fused-ring (bicyclic) bond motifs is 8. The molecule has 2 aromatic rings. The molecule has 5 N–H and O–H groups in total. The van der Waals surface area contributed by atoms with Crippen LogP contribution in [0.1, 0.15) is 36.8 Å². The number of phenols is 1. The Balaban J connectivity index is 1.49. The maximum absolute atomic E-state index is 10.4. The largest absolute Gasteiger partial charge is 0.504 e. The van der Waals surface area contributed by atoms with E-state index in [9.17, 15) is 25.5 Å². The molecule has 1 fully saturated rings. The summed E-state index contributed by atoms with van der Waals surface area (Å²) in [6, 6.07) is 13.0. The molecule has 0 aromatic heterocycles. The molecule has 2 aromatic carbocycles. The maximum atomic E-state index is 10.4. The second-order valence-corrected chi connectivity index (χ2v) is 8.79. The first kappa shape index (κ1) is 23.9. The van der Waals surface area contributed by atoms with Gasteiger partial charge in [0.2, 0.25) is 0 Å². The van der Waals surface area contributed by atoms with Gasteiger partial charge in [-0.3, -0.25) is 0 Å². The lowest BCUT2D eigenvalue weighted by molar-refractivity contribution is -0.312. The average molecular weight is 461 g/mol. The van der Waals surface area contributed by atoms with Gasteiger partial charge >= 0.3 is 0 Å². The maximum Gasteiger partial charge on any atom is 0.186 e. The van der Waals surface area contributed by atoms with Crippen molar-refractivity contribution in [3.8, 4) is 17.2 Å². The minimum Gasteiger partial charge on any atom is -0.504 e. The van der Waals surface area contributed by atoms with Gasteiger partial charge in [-0.05, 0) is 67.5 Å².